The standard InChI is InChI=1S/C26H26N2O4S/c1-17(2)14-26(27,23-16-33-25(28-23)31-13-7-12-29)24(30)32-15-22-20-10-5-3-8-18(20)19-9-4-6-11-21(19)22/h3-11,16-17,22H,13-15,27H2,1-2H3. The summed E-state index contributed by atoms with van der Waals surface area (Å²) in [6.07, 6.45) is 1.59. The number of carbonyl (C=O) groups excluding carboxylic acids is 2. The largest absolute Gasteiger partial charge is 0.465 e. The molecule has 4 rings (SSSR count). The van der Waals surface area contributed by atoms with Crippen LogP contribution >= 0.6 is 11.3 Å². The van der Waals surface area contributed by atoms with Gasteiger partial charge in [0.05, 0.1) is 5.69 Å². The molecule has 3 aromatic rings. The van der Waals surface area contributed by atoms with E-state index in [0.717, 1.165) is 11.1 Å². The molecular weight excluding hydrogens is 436 g/mol. The zero-order valence-electron chi connectivity index (χ0n) is 18.6. The first-order valence-electron chi connectivity index (χ1n) is 10.9. The van der Waals surface area contributed by atoms with Gasteiger partial charge in [-0.25, -0.2) is 14.6 Å². The molecule has 0 radical (unpaired) electrons. The van der Waals surface area contributed by atoms with Gasteiger partial charge < -0.3 is 15.2 Å². The van der Waals surface area contributed by atoms with Crippen LogP contribution in [0.2, 0.25) is 0 Å². The molecule has 1 unspecified atom stereocenters. The number of hydrogen-bond donors (Lipinski definition) is 1. The predicted molar refractivity (Wildman–Crippen MR) is 128 cm³/mol. The summed E-state index contributed by atoms with van der Waals surface area (Å²) in [5.41, 5.74) is 10.3. The highest BCUT2D eigenvalue weighted by Crippen LogP contribution is 2.44. The summed E-state index contributed by atoms with van der Waals surface area (Å²) in [6, 6.07) is 16.4. The molecule has 0 fully saturated rings. The van der Waals surface area contributed by atoms with E-state index in [4.69, 9.17) is 15.2 Å². The normalized spacial score (nSPS) is 14.2. The second kappa shape index (κ2) is 9.71. The van der Waals surface area contributed by atoms with Gasteiger partial charge in [0.25, 0.3) is 5.19 Å². The van der Waals surface area contributed by atoms with Crippen molar-refractivity contribution in [3.05, 3.63) is 76.8 Å². The maximum atomic E-state index is 13.4. The van der Waals surface area contributed by atoms with Gasteiger partial charge >= 0.3 is 5.97 Å². The van der Waals surface area contributed by atoms with E-state index in [1.165, 1.54) is 28.5 Å². The van der Waals surface area contributed by atoms with E-state index in [-0.39, 0.29) is 25.0 Å². The summed E-state index contributed by atoms with van der Waals surface area (Å²) >= 11 is 1.23. The highest BCUT2D eigenvalue weighted by molar-refractivity contribution is 7.11. The van der Waals surface area contributed by atoms with Crippen LogP contribution in [0.25, 0.3) is 11.1 Å². The lowest BCUT2D eigenvalue weighted by atomic mass is 9.87. The summed E-state index contributed by atoms with van der Waals surface area (Å²) in [6.45, 7) is 4.25. The first-order chi connectivity index (χ1) is 15.9. The number of nitrogens with zero attached hydrogens (tertiary/aromatic N) is 1. The zero-order valence-corrected chi connectivity index (χ0v) is 19.4. The van der Waals surface area contributed by atoms with E-state index in [9.17, 15) is 9.59 Å². The number of hydrogen-bond acceptors (Lipinski definition) is 7. The molecule has 0 amide bonds. The Morgan fingerprint density at radius 3 is 2.42 bits per heavy atom. The maximum absolute atomic E-state index is 13.4. The monoisotopic (exact) mass is 462 g/mol. The van der Waals surface area contributed by atoms with Crippen LogP contribution in [0.15, 0.2) is 60.0 Å². The van der Waals surface area contributed by atoms with Crippen molar-refractivity contribution in [1.82, 2.24) is 4.98 Å². The summed E-state index contributed by atoms with van der Waals surface area (Å²) in [4.78, 5) is 28.1. The van der Waals surface area contributed by atoms with Gasteiger partial charge in [-0.2, -0.15) is 0 Å². The third-order valence-corrected chi connectivity index (χ3v) is 6.50. The van der Waals surface area contributed by atoms with Crippen molar-refractivity contribution in [3.63, 3.8) is 0 Å². The Labute approximate surface area is 197 Å². The van der Waals surface area contributed by atoms with Crippen LogP contribution in [-0.2, 0) is 19.9 Å². The molecular formula is C26H26N2O4S. The van der Waals surface area contributed by atoms with E-state index in [2.05, 4.69) is 29.2 Å². The van der Waals surface area contributed by atoms with Gasteiger partial charge in [0.2, 0.25) is 0 Å². The molecule has 1 atom stereocenters. The molecule has 2 aromatic carbocycles. The smallest absolute Gasteiger partial charge is 0.332 e. The summed E-state index contributed by atoms with van der Waals surface area (Å²) < 4.78 is 11.3. The summed E-state index contributed by atoms with van der Waals surface area (Å²) in [7, 11) is 0. The van der Waals surface area contributed by atoms with E-state index in [0.29, 0.717) is 17.3 Å². The van der Waals surface area contributed by atoms with Crippen LogP contribution in [-0.4, -0.2) is 30.1 Å². The number of aromatic nitrogens is 1. The number of ether oxygens (including phenoxy) is 2. The van der Waals surface area contributed by atoms with Gasteiger partial charge in [-0.1, -0.05) is 73.7 Å². The van der Waals surface area contributed by atoms with Crippen molar-refractivity contribution >= 4 is 23.2 Å². The van der Waals surface area contributed by atoms with Gasteiger partial charge in [0.15, 0.2) is 5.54 Å². The average molecular weight is 463 g/mol. The van der Waals surface area contributed by atoms with Crippen LogP contribution in [0.5, 0.6) is 5.19 Å². The van der Waals surface area contributed by atoms with Gasteiger partial charge in [-0.3, -0.25) is 0 Å². The minimum absolute atomic E-state index is 0.0471. The van der Waals surface area contributed by atoms with E-state index < -0.39 is 11.5 Å². The van der Waals surface area contributed by atoms with Gasteiger partial charge in [-0.05, 0) is 34.6 Å². The molecule has 0 saturated carbocycles. The quantitative estimate of drug-likeness (QED) is 0.373. The fourth-order valence-corrected chi connectivity index (χ4v) is 5.10. The molecule has 0 spiro atoms. The molecule has 1 aromatic heterocycles. The maximum Gasteiger partial charge on any atom is 0.332 e. The Hall–Kier alpha value is -3.25. The lowest BCUT2D eigenvalue weighted by Gasteiger charge is -2.28. The molecule has 7 heteroatoms. The summed E-state index contributed by atoms with van der Waals surface area (Å²) in [5, 5.41) is 2.05. The number of thiazole rings is 1. The highest BCUT2D eigenvalue weighted by atomic mass is 32.1. The van der Waals surface area contributed by atoms with Crippen LogP contribution in [0.4, 0.5) is 0 Å². The van der Waals surface area contributed by atoms with Gasteiger partial charge in [0, 0.05) is 17.4 Å². The van der Waals surface area contributed by atoms with Crippen molar-refractivity contribution in [3.8, 4) is 16.3 Å². The number of benzene rings is 2. The topological polar surface area (TPSA) is 91.5 Å². The minimum Gasteiger partial charge on any atom is -0.465 e. The molecule has 1 heterocycles. The number of esters is 1. The third-order valence-electron chi connectivity index (χ3n) is 5.75. The Kier molecular flexibility index (Phi) is 6.75. The molecule has 33 heavy (non-hydrogen) atoms. The number of rotatable bonds is 9. The third kappa shape index (κ3) is 4.62. The fourth-order valence-electron chi connectivity index (χ4n) is 4.34. The van der Waals surface area contributed by atoms with Crippen molar-refractivity contribution in [2.75, 3.05) is 13.2 Å². The van der Waals surface area contributed by atoms with Crippen molar-refractivity contribution in [2.24, 2.45) is 11.7 Å². The average Bonchev–Trinajstić information content (AvgIpc) is 3.41. The van der Waals surface area contributed by atoms with Crippen LogP contribution in [0, 0.1) is 5.92 Å². The van der Waals surface area contributed by atoms with Crippen LogP contribution in [0.3, 0.4) is 0 Å². The molecule has 170 valence electrons. The highest BCUT2D eigenvalue weighted by Gasteiger charge is 2.42. The van der Waals surface area contributed by atoms with Crippen molar-refractivity contribution < 1.29 is 19.1 Å². The molecule has 1 aliphatic carbocycles. The van der Waals surface area contributed by atoms with Crippen molar-refractivity contribution in [1.29, 1.82) is 0 Å². The Morgan fingerprint density at radius 1 is 1.18 bits per heavy atom. The van der Waals surface area contributed by atoms with Gasteiger partial charge in [-0.15, -0.1) is 0 Å². The van der Waals surface area contributed by atoms with Gasteiger partial charge in [0.1, 0.15) is 19.2 Å². The van der Waals surface area contributed by atoms with Crippen LogP contribution < -0.4 is 10.5 Å². The summed E-state index contributed by atoms with van der Waals surface area (Å²) in [5.74, 6) is 1.23. The molecule has 0 aliphatic heterocycles. The predicted octanol–water partition coefficient (Wildman–Crippen LogP) is 4.47. The molecule has 6 nitrogen and oxygen atoms in total. The number of nitrogens with two attached hydrogens (primary N) is 1. The molecule has 1 aliphatic rings. The fraction of sp³-hybridized carbons (Fsp3) is 0.308. The molecule has 0 bridgehead atoms. The second-order valence-corrected chi connectivity index (χ2v) is 9.35. The minimum atomic E-state index is -1.40. The van der Waals surface area contributed by atoms with Crippen LogP contribution in [0.1, 0.15) is 43.0 Å². The van der Waals surface area contributed by atoms with E-state index >= 15 is 0 Å². The lowest BCUT2D eigenvalue weighted by Crippen LogP contribution is -2.47. The first-order valence-corrected chi connectivity index (χ1v) is 11.7. The van der Waals surface area contributed by atoms with Crippen molar-refractivity contribution in [2.45, 2.75) is 31.7 Å². The number of carbonyl (C=O) groups is 1. The molecule has 2 N–H and O–H groups in total. The zero-order chi connectivity index (χ0) is 23.4. The lowest BCUT2D eigenvalue weighted by molar-refractivity contribution is -0.151. The van der Waals surface area contributed by atoms with E-state index in [1.54, 1.807) is 11.3 Å². The van der Waals surface area contributed by atoms with E-state index in [1.807, 2.05) is 38.1 Å². The second-order valence-electron chi connectivity index (χ2n) is 8.53. The number of fused-ring (bicyclic) bond motifs is 3. The Balaban J connectivity index is 1.56. The molecule has 0 saturated heterocycles. The SMILES string of the molecule is CC(C)CC(N)(C(=O)OCC1c2ccccc2-c2ccccc21)c1csc(OCC=C=O)n1. The Morgan fingerprint density at radius 2 is 1.82 bits per heavy atom. The first kappa shape index (κ1) is 22.9. The Bertz CT molecular complexity index is 1150.